The maximum atomic E-state index is 11.2. The van der Waals surface area contributed by atoms with Crippen molar-refractivity contribution in [2.24, 2.45) is 0 Å². The van der Waals surface area contributed by atoms with Gasteiger partial charge in [0.15, 0.2) is 0 Å². The minimum atomic E-state index is -0.292. The highest BCUT2D eigenvalue weighted by atomic mass is 16.5. The predicted molar refractivity (Wildman–Crippen MR) is 119 cm³/mol. The maximum Gasteiger partial charge on any atom is 0.123 e. The predicted octanol–water partition coefficient (Wildman–Crippen LogP) is 6.14. The van der Waals surface area contributed by atoms with Gasteiger partial charge >= 0.3 is 0 Å². The molecule has 3 rings (SSSR count). The Kier molecular flexibility index (Phi) is 5.61. The van der Waals surface area contributed by atoms with E-state index in [9.17, 15) is 10.2 Å². The summed E-state index contributed by atoms with van der Waals surface area (Å²) < 4.78 is 5.33. The quantitative estimate of drug-likeness (QED) is 0.526. The molecule has 0 aromatic heterocycles. The molecule has 29 heavy (non-hydrogen) atoms. The second kappa shape index (κ2) is 7.82. The van der Waals surface area contributed by atoms with Gasteiger partial charge in [-0.15, -0.1) is 0 Å². The third-order valence-electron chi connectivity index (χ3n) is 6.15. The summed E-state index contributed by atoms with van der Waals surface area (Å²) in [6.45, 7) is 11.9. The number of rotatable bonds is 4. The Morgan fingerprint density at radius 1 is 0.655 bits per heavy atom. The average Bonchev–Trinajstić information content (AvgIpc) is 2.69. The highest BCUT2D eigenvalue weighted by Crippen LogP contribution is 2.46. The van der Waals surface area contributed by atoms with Crippen molar-refractivity contribution >= 4 is 0 Å². The van der Waals surface area contributed by atoms with Crippen LogP contribution < -0.4 is 4.74 Å². The van der Waals surface area contributed by atoms with Gasteiger partial charge < -0.3 is 14.9 Å². The molecule has 0 fully saturated rings. The Morgan fingerprint density at radius 2 is 1.07 bits per heavy atom. The summed E-state index contributed by atoms with van der Waals surface area (Å²) in [4.78, 5) is 0. The van der Waals surface area contributed by atoms with Crippen molar-refractivity contribution in [1.82, 2.24) is 0 Å². The van der Waals surface area contributed by atoms with Gasteiger partial charge in [0.1, 0.15) is 17.2 Å². The fourth-order valence-corrected chi connectivity index (χ4v) is 4.18. The molecule has 0 unspecified atom stereocenters. The van der Waals surface area contributed by atoms with E-state index in [-0.39, 0.29) is 5.92 Å². The van der Waals surface area contributed by atoms with Crippen molar-refractivity contribution in [3.63, 3.8) is 0 Å². The molecule has 152 valence electrons. The number of ether oxygens (including phenoxy) is 1. The summed E-state index contributed by atoms with van der Waals surface area (Å²) >= 11 is 0. The van der Waals surface area contributed by atoms with Gasteiger partial charge in [0.25, 0.3) is 0 Å². The smallest absolute Gasteiger partial charge is 0.123 e. The van der Waals surface area contributed by atoms with Gasteiger partial charge in [-0.05, 0) is 92.6 Å². The van der Waals surface area contributed by atoms with Crippen LogP contribution in [0.2, 0.25) is 0 Å². The first-order chi connectivity index (χ1) is 13.7. The molecule has 0 radical (unpaired) electrons. The minimum Gasteiger partial charge on any atom is -0.507 e. The Balaban J connectivity index is 2.39. The number of aryl methyl sites for hydroxylation is 4. The monoisotopic (exact) mass is 390 g/mol. The van der Waals surface area contributed by atoms with Crippen LogP contribution >= 0.6 is 0 Å². The summed E-state index contributed by atoms with van der Waals surface area (Å²) in [5.41, 5.74) is 8.51. The highest BCUT2D eigenvalue weighted by molar-refractivity contribution is 5.62. The molecule has 0 atom stereocenters. The van der Waals surface area contributed by atoms with Gasteiger partial charge in [-0.3, -0.25) is 0 Å². The first kappa shape index (κ1) is 20.8. The van der Waals surface area contributed by atoms with Crippen LogP contribution in [0.25, 0.3) is 0 Å². The standard InChI is InChI=1S/C26H30O3/c1-14-12-16(3)22(25(27)18(14)5)24(20-8-10-21(29-7)11-9-20)23-17(4)13-15(2)19(6)26(23)28/h8-13,24,27-28H,1-7H3. The number of benzene rings is 3. The van der Waals surface area contributed by atoms with Crippen molar-refractivity contribution in [2.75, 3.05) is 7.11 Å². The van der Waals surface area contributed by atoms with E-state index in [0.29, 0.717) is 11.5 Å². The van der Waals surface area contributed by atoms with E-state index in [2.05, 4.69) is 12.1 Å². The third kappa shape index (κ3) is 3.57. The van der Waals surface area contributed by atoms with Crippen LogP contribution in [-0.4, -0.2) is 17.3 Å². The van der Waals surface area contributed by atoms with Crippen molar-refractivity contribution in [3.05, 3.63) is 86.5 Å². The Hall–Kier alpha value is -2.94. The van der Waals surface area contributed by atoms with E-state index >= 15 is 0 Å². The summed E-state index contributed by atoms with van der Waals surface area (Å²) in [5.74, 6) is 1.06. The molecule has 3 aromatic rings. The van der Waals surface area contributed by atoms with Crippen LogP contribution in [0.5, 0.6) is 17.2 Å². The summed E-state index contributed by atoms with van der Waals surface area (Å²) in [5, 5.41) is 22.3. The van der Waals surface area contributed by atoms with Crippen molar-refractivity contribution in [1.29, 1.82) is 0 Å². The zero-order chi connectivity index (χ0) is 21.5. The number of phenolic OH excluding ortho intramolecular Hbond substituents is 2. The van der Waals surface area contributed by atoms with Crippen molar-refractivity contribution in [2.45, 2.75) is 47.5 Å². The van der Waals surface area contributed by atoms with E-state index in [4.69, 9.17) is 4.74 Å². The molecule has 2 N–H and O–H groups in total. The topological polar surface area (TPSA) is 49.7 Å². The summed E-state index contributed by atoms with van der Waals surface area (Å²) in [6, 6.07) is 12.1. The average molecular weight is 391 g/mol. The fourth-order valence-electron chi connectivity index (χ4n) is 4.18. The molecular weight excluding hydrogens is 360 g/mol. The molecule has 0 aliphatic heterocycles. The number of hydrogen-bond acceptors (Lipinski definition) is 3. The largest absolute Gasteiger partial charge is 0.507 e. The third-order valence-corrected chi connectivity index (χ3v) is 6.15. The Morgan fingerprint density at radius 3 is 1.45 bits per heavy atom. The Bertz CT molecular complexity index is 999. The van der Waals surface area contributed by atoms with E-state index in [1.54, 1.807) is 7.11 Å². The van der Waals surface area contributed by atoms with Gasteiger partial charge in [-0.2, -0.15) is 0 Å². The zero-order valence-corrected chi connectivity index (χ0v) is 18.3. The zero-order valence-electron chi connectivity index (χ0n) is 18.3. The highest BCUT2D eigenvalue weighted by Gasteiger charge is 2.28. The van der Waals surface area contributed by atoms with Crippen LogP contribution in [0.4, 0.5) is 0 Å². The number of phenols is 2. The van der Waals surface area contributed by atoms with Crippen LogP contribution in [-0.2, 0) is 0 Å². The maximum absolute atomic E-state index is 11.2. The minimum absolute atomic E-state index is 0.292. The lowest BCUT2D eigenvalue weighted by atomic mass is 9.78. The fraction of sp³-hybridized carbons (Fsp3) is 0.308. The Labute approximate surface area is 173 Å². The summed E-state index contributed by atoms with van der Waals surface area (Å²) in [7, 11) is 1.64. The number of aromatic hydroxyl groups is 2. The van der Waals surface area contributed by atoms with Gasteiger partial charge in [0.2, 0.25) is 0 Å². The molecular formula is C26H30O3. The molecule has 0 aliphatic rings. The van der Waals surface area contributed by atoms with Crippen molar-refractivity contribution in [3.8, 4) is 17.2 Å². The molecule has 0 heterocycles. The molecule has 0 bridgehead atoms. The molecule has 0 amide bonds. The lowest BCUT2D eigenvalue weighted by Gasteiger charge is -2.27. The van der Waals surface area contributed by atoms with Gasteiger partial charge in [-0.25, -0.2) is 0 Å². The van der Waals surface area contributed by atoms with E-state index in [0.717, 1.165) is 55.8 Å². The normalized spacial score (nSPS) is 11.2. The summed E-state index contributed by atoms with van der Waals surface area (Å²) in [6.07, 6.45) is 0. The van der Waals surface area contributed by atoms with Crippen LogP contribution in [0, 0.1) is 41.5 Å². The molecule has 0 saturated heterocycles. The lowest BCUT2D eigenvalue weighted by molar-refractivity contribution is 0.414. The molecule has 0 spiro atoms. The number of hydrogen-bond donors (Lipinski definition) is 2. The molecule has 3 nitrogen and oxygen atoms in total. The molecule has 3 heteroatoms. The molecule has 0 saturated carbocycles. The van der Waals surface area contributed by atoms with E-state index in [1.807, 2.05) is 65.8 Å². The van der Waals surface area contributed by atoms with Crippen LogP contribution in [0.3, 0.4) is 0 Å². The van der Waals surface area contributed by atoms with Crippen LogP contribution in [0.1, 0.15) is 56.0 Å². The van der Waals surface area contributed by atoms with Crippen LogP contribution in [0.15, 0.2) is 36.4 Å². The first-order valence-electron chi connectivity index (χ1n) is 9.90. The number of methoxy groups -OCH3 is 1. The van der Waals surface area contributed by atoms with Crippen molar-refractivity contribution < 1.29 is 14.9 Å². The second-order valence-corrected chi connectivity index (χ2v) is 8.00. The SMILES string of the molecule is COc1ccc(C(c2c(C)cc(C)c(C)c2O)c2c(C)cc(C)c(C)c2O)cc1. The van der Waals surface area contributed by atoms with Gasteiger partial charge in [0.05, 0.1) is 7.11 Å². The van der Waals surface area contributed by atoms with E-state index in [1.165, 1.54) is 0 Å². The van der Waals surface area contributed by atoms with Gasteiger partial charge in [0, 0.05) is 17.0 Å². The second-order valence-electron chi connectivity index (χ2n) is 8.00. The van der Waals surface area contributed by atoms with E-state index < -0.39 is 0 Å². The first-order valence-corrected chi connectivity index (χ1v) is 9.90. The lowest BCUT2D eigenvalue weighted by Crippen LogP contribution is -2.10. The molecule has 3 aromatic carbocycles. The van der Waals surface area contributed by atoms with Gasteiger partial charge in [-0.1, -0.05) is 24.3 Å². The molecule has 0 aliphatic carbocycles.